The van der Waals surface area contributed by atoms with Gasteiger partial charge in [-0.25, -0.2) is 0 Å². The molecule has 47 heavy (non-hydrogen) atoms. The zero-order valence-corrected chi connectivity index (χ0v) is 29.6. The van der Waals surface area contributed by atoms with Crippen LogP contribution in [-0.4, -0.2) is 0 Å². The monoisotopic (exact) mass is 738 g/mol. The number of furan rings is 2. The Morgan fingerprint density at radius 3 is 1.15 bits per heavy atom. The van der Waals surface area contributed by atoms with Crippen LogP contribution in [0, 0.1) is 0 Å². The van der Waals surface area contributed by atoms with Gasteiger partial charge in [-0.1, -0.05) is 92.7 Å². The van der Waals surface area contributed by atoms with Crippen molar-refractivity contribution < 1.29 is 8.83 Å². The van der Waals surface area contributed by atoms with E-state index in [1.165, 1.54) is 32.7 Å². The van der Waals surface area contributed by atoms with Gasteiger partial charge in [0, 0.05) is 30.5 Å². The van der Waals surface area contributed by atoms with Gasteiger partial charge in [0.05, 0.1) is 0 Å². The number of rotatable bonds is 2. The lowest BCUT2D eigenvalue weighted by Gasteiger charge is -2.13. The minimum absolute atomic E-state index is 0.909. The Kier molecular flexibility index (Phi) is 8.48. The van der Waals surface area contributed by atoms with Crippen LogP contribution in [-0.2, 0) is 0 Å². The van der Waals surface area contributed by atoms with Gasteiger partial charge in [-0.15, -0.1) is 6.58 Å². The highest BCUT2D eigenvalue weighted by atomic mass is 79.9. The van der Waals surface area contributed by atoms with Crippen LogP contribution in [0.3, 0.4) is 0 Å². The van der Waals surface area contributed by atoms with Crippen LogP contribution >= 0.6 is 31.9 Å². The maximum Gasteiger partial charge on any atom is 0.135 e. The highest BCUT2D eigenvalue weighted by molar-refractivity contribution is 9.11. The highest BCUT2D eigenvalue weighted by Crippen LogP contribution is 2.43. The van der Waals surface area contributed by atoms with Gasteiger partial charge in [-0.3, -0.25) is 0 Å². The molecule has 0 atom stereocenters. The summed E-state index contributed by atoms with van der Waals surface area (Å²) in [5.41, 5.74) is 8.31. The van der Waals surface area contributed by atoms with E-state index in [0.29, 0.717) is 0 Å². The molecule has 0 radical (unpaired) electrons. The van der Waals surface area contributed by atoms with Crippen molar-refractivity contribution in [2.45, 2.75) is 20.8 Å². The lowest BCUT2D eigenvalue weighted by atomic mass is 9.95. The van der Waals surface area contributed by atoms with Crippen molar-refractivity contribution in [3.63, 3.8) is 0 Å². The maximum atomic E-state index is 6.06. The van der Waals surface area contributed by atoms with Gasteiger partial charge in [0.25, 0.3) is 0 Å². The lowest BCUT2D eigenvalue weighted by Crippen LogP contribution is -1.87. The molecule has 0 aliphatic carbocycles. The van der Waals surface area contributed by atoms with Crippen LogP contribution in [0.15, 0.2) is 152 Å². The van der Waals surface area contributed by atoms with Gasteiger partial charge < -0.3 is 8.83 Å². The fourth-order valence-corrected chi connectivity index (χ4v) is 7.64. The first-order valence-corrected chi connectivity index (χ1v) is 17.4. The molecule has 9 aromatic rings. The molecule has 2 heterocycles. The van der Waals surface area contributed by atoms with Gasteiger partial charge in [0.15, 0.2) is 0 Å². The molecule has 0 amide bonds. The van der Waals surface area contributed by atoms with Crippen molar-refractivity contribution in [3.05, 3.63) is 143 Å². The first kappa shape index (κ1) is 31.0. The summed E-state index contributed by atoms with van der Waals surface area (Å²) >= 11 is 7.95. The van der Waals surface area contributed by atoms with E-state index in [1.807, 2.05) is 45.0 Å². The average Bonchev–Trinajstić information content (AvgIpc) is 3.69. The summed E-state index contributed by atoms with van der Waals surface area (Å²) in [6.45, 7) is 9.25. The number of halogens is 2. The highest BCUT2D eigenvalue weighted by Gasteiger charge is 2.15. The molecule has 4 heteroatoms. The molecule has 0 aliphatic rings. The predicted molar refractivity (Wildman–Crippen MR) is 210 cm³/mol. The summed E-state index contributed by atoms with van der Waals surface area (Å²) in [5, 5.41) is 9.23. The van der Waals surface area contributed by atoms with Crippen LogP contribution in [0.4, 0.5) is 0 Å². The summed E-state index contributed by atoms with van der Waals surface area (Å²) in [7, 11) is 0. The summed E-state index contributed by atoms with van der Waals surface area (Å²) in [5.74, 6) is 0. The number of fused-ring (bicyclic) bond motifs is 8. The molecule has 7 aromatic carbocycles. The molecule has 0 aliphatic heterocycles. The average molecular weight is 741 g/mol. The van der Waals surface area contributed by atoms with Gasteiger partial charge >= 0.3 is 0 Å². The molecule has 230 valence electrons. The molecule has 0 N–H and O–H groups in total. The van der Waals surface area contributed by atoms with E-state index in [-0.39, 0.29) is 0 Å². The molecule has 0 spiro atoms. The van der Waals surface area contributed by atoms with Gasteiger partial charge in [0.2, 0.25) is 0 Å². The standard InChI is InChI=1S/C38H20Br2O2.C3H6.C2H6/c39-37-28-14-10-22(24-12-16-36-30(18-24)26-6-2-4-8-34(26)42-36)20-32(28)38(40)27-13-9-21(19-31(27)37)23-11-15-35-29(17-23)25-5-1-3-7-33(25)41-35;1-3-2;1-2/h1-20H;3H,1H2,2H3;1-2H3. The quantitative estimate of drug-likeness (QED) is 0.130. The van der Waals surface area contributed by atoms with Crippen molar-refractivity contribution in [2.24, 2.45) is 0 Å². The van der Waals surface area contributed by atoms with Crippen LogP contribution in [0.1, 0.15) is 20.8 Å². The topological polar surface area (TPSA) is 26.3 Å². The molecule has 0 saturated heterocycles. The third-order valence-corrected chi connectivity index (χ3v) is 10.1. The Morgan fingerprint density at radius 1 is 0.426 bits per heavy atom. The van der Waals surface area contributed by atoms with E-state index in [1.54, 1.807) is 6.08 Å². The molecule has 2 aromatic heterocycles. The second-order valence-electron chi connectivity index (χ2n) is 11.2. The van der Waals surface area contributed by atoms with E-state index < -0.39 is 0 Å². The number of benzene rings is 7. The van der Waals surface area contributed by atoms with Crippen molar-refractivity contribution in [1.29, 1.82) is 0 Å². The van der Waals surface area contributed by atoms with Crippen LogP contribution in [0.5, 0.6) is 0 Å². The van der Waals surface area contributed by atoms with E-state index in [0.717, 1.165) is 63.9 Å². The third-order valence-electron chi connectivity index (χ3n) is 8.41. The van der Waals surface area contributed by atoms with E-state index >= 15 is 0 Å². The normalized spacial score (nSPS) is 11.2. The fraction of sp³-hybridized carbons (Fsp3) is 0.0698. The third kappa shape index (κ3) is 5.36. The molecule has 0 fully saturated rings. The van der Waals surface area contributed by atoms with Crippen LogP contribution < -0.4 is 0 Å². The number of allylic oxidation sites excluding steroid dienone is 1. The van der Waals surface area contributed by atoms with Crippen LogP contribution in [0.25, 0.3) is 87.7 Å². The van der Waals surface area contributed by atoms with Crippen molar-refractivity contribution in [1.82, 2.24) is 0 Å². The summed E-state index contributed by atoms with van der Waals surface area (Å²) in [6.07, 6.45) is 1.75. The van der Waals surface area contributed by atoms with E-state index in [9.17, 15) is 0 Å². The Morgan fingerprint density at radius 2 is 0.745 bits per heavy atom. The SMILES string of the molecule is Brc1c2ccc(-c3ccc4oc5ccccc5c4c3)cc2c(Br)c2ccc(-c3ccc4oc5ccccc5c4c3)cc12.C=CC.CC. The van der Waals surface area contributed by atoms with Crippen molar-refractivity contribution in [2.75, 3.05) is 0 Å². The second kappa shape index (κ2) is 12.9. The second-order valence-corrected chi connectivity index (χ2v) is 12.8. The summed E-state index contributed by atoms with van der Waals surface area (Å²) < 4.78 is 14.3. The molecular weight excluding hydrogens is 708 g/mol. The molecule has 9 rings (SSSR count). The molecular formula is C43H32Br2O2. The first-order valence-electron chi connectivity index (χ1n) is 15.8. The van der Waals surface area contributed by atoms with Crippen LogP contribution in [0.2, 0.25) is 0 Å². The summed E-state index contributed by atoms with van der Waals surface area (Å²) in [6, 6.07) is 42.7. The van der Waals surface area contributed by atoms with Gasteiger partial charge in [-0.05, 0) is 131 Å². The molecule has 0 bridgehead atoms. The van der Waals surface area contributed by atoms with E-state index in [4.69, 9.17) is 8.83 Å². The number of para-hydroxylation sites is 2. The lowest BCUT2D eigenvalue weighted by molar-refractivity contribution is 0.668. The Hall–Kier alpha value is -4.64. The van der Waals surface area contributed by atoms with Crippen molar-refractivity contribution >= 4 is 97.3 Å². The zero-order valence-electron chi connectivity index (χ0n) is 26.4. The van der Waals surface area contributed by atoms with Crippen molar-refractivity contribution in [3.8, 4) is 22.3 Å². The van der Waals surface area contributed by atoms with Gasteiger partial charge in [0.1, 0.15) is 22.3 Å². The predicted octanol–water partition coefficient (Wildman–Crippen LogP) is 14.9. The zero-order chi connectivity index (χ0) is 32.7. The summed E-state index contributed by atoms with van der Waals surface area (Å²) in [4.78, 5) is 0. The molecule has 2 nitrogen and oxygen atoms in total. The first-order chi connectivity index (χ1) is 23.0. The molecule has 0 unspecified atom stereocenters. The fourth-order valence-electron chi connectivity index (χ4n) is 6.30. The number of hydrogen-bond acceptors (Lipinski definition) is 2. The maximum absolute atomic E-state index is 6.06. The number of hydrogen-bond donors (Lipinski definition) is 0. The van der Waals surface area contributed by atoms with Gasteiger partial charge in [-0.2, -0.15) is 0 Å². The van der Waals surface area contributed by atoms with E-state index in [2.05, 4.69) is 136 Å². The molecule has 0 saturated carbocycles. The Labute approximate surface area is 290 Å². The minimum atomic E-state index is 0.909. The Bertz CT molecular complexity index is 2430. The smallest absolute Gasteiger partial charge is 0.135 e. The Balaban J connectivity index is 0.000000667. The largest absolute Gasteiger partial charge is 0.456 e. The minimum Gasteiger partial charge on any atom is -0.456 e.